The molecule has 2 aliphatic rings. The third-order valence-corrected chi connectivity index (χ3v) is 5.63. The first kappa shape index (κ1) is 18.5. The van der Waals surface area contributed by atoms with Gasteiger partial charge >= 0.3 is 7.12 Å². The molecule has 9 heteroatoms. The summed E-state index contributed by atoms with van der Waals surface area (Å²) in [6.45, 7) is 7.88. The van der Waals surface area contributed by atoms with Crippen LogP contribution in [0.3, 0.4) is 0 Å². The number of anilines is 1. The van der Waals surface area contributed by atoms with Crippen LogP contribution < -0.4 is 22.1 Å². The number of benzene rings is 1. The molecule has 0 spiro atoms. The first-order chi connectivity index (χ1) is 13.0. The topological polar surface area (TPSA) is 113 Å². The lowest BCUT2D eigenvalue weighted by molar-refractivity contribution is 0.00578. The van der Waals surface area contributed by atoms with E-state index in [2.05, 4.69) is 5.32 Å². The molecule has 28 heavy (non-hydrogen) atoms. The number of rotatable bonds is 2. The van der Waals surface area contributed by atoms with Crippen molar-refractivity contribution in [2.75, 3.05) is 5.73 Å². The first-order valence-electron chi connectivity index (χ1n) is 8.89. The number of nitrogens with two attached hydrogens (primary N) is 1. The zero-order valence-corrected chi connectivity index (χ0v) is 16.0. The Morgan fingerprint density at radius 2 is 1.54 bits per heavy atom. The van der Waals surface area contributed by atoms with Crippen LogP contribution in [0.5, 0.6) is 0 Å². The van der Waals surface area contributed by atoms with E-state index in [-0.39, 0.29) is 16.9 Å². The van der Waals surface area contributed by atoms with Crippen LogP contribution in [0, 0.1) is 0 Å². The summed E-state index contributed by atoms with van der Waals surface area (Å²) in [5.41, 5.74) is 5.91. The van der Waals surface area contributed by atoms with Crippen LogP contribution >= 0.6 is 0 Å². The van der Waals surface area contributed by atoms with Crippen LogP contribution in [-0.2, 0) is 9.31 Å². The summed E-state index contributed by atoms with van der Waals surface area (Å²) in [5.74, 6) is -1.30. The quantitative estimate of drug-likeness (QED) is 0.582. The Hall–Kier alpha value is -2.91. The van der Waals surface area contributed by atoms with Crippen LogP contribution in [0.25, 0.3) is 5.69 Å². The molecule has 1 aromatic carbocycles. The number of aromatic nitrogens is 1. The molecule has 8 nitrogen and oxygen atoms in total. The maximum Gasteiger partial charge on any atom is 0.494 e. The minimum atomic E-state index is -0.618. The molecule has 0 atom stereocenters. The number of hydrogen-bond donors (Lipinski definition) is 2. The van der Waals surface area contributed by atoms with Gasteiger partial charge in [0.2, 0.25) is 0 Å². The molecule has 3 N–H and O–H groups in total. The Bertz CT molecular complexity index is 1060. The van der Waals surface area contributed by atoms with Crippen LogP contribution in [0.2, 0.25) is 0 Å². The molecule has 1 saturated heterocycles. The van der Waals surface area contributed by atoms with Gasteiger partial charge in [0.25, 0.3) is 17.4 Å². The minimum absolute atomic E-state index is 0.00223. The molecule has 0 saturated carbocycles. The minimum Gasteiger partial charge on any atom is -0.399 e. The van der Waals surface area contributed by atoms with Gasteiger partial charge in [-0.25, -0.2) is 0 Å². The molecule has 0 unspecified atom stereocenters. The van der Waals surface area contributed by atoms with Crippen molar-refractivity contribution in [3.63, 3.8) is 0 Å². The highest BCUT2D eigenvalue weighted by Gasteiger charge is 2.51. The fourth-order valence-corrected chi connectivity index (χ4v) is 3.31. The van der Waals surface area contributed by atoms with Crippen molar-refractivity contribution in [3.05, 3.63) is 51.8 Å². The van der Waals surface area contributed by atoms with Gasteiger partial charge in [0, 0.05) is 6.07 Å². The van der Waals surface area contributed by atoms with Crippen molar-refractivity contribution < 1.29 is 18.9 Å². The molecule has 4 rings (SSSR count). The highest BCUT2D eigenvalue weighted by Crippen LogP contribution is 2.36. The van der Waals surface area contributed by atoms with E-state index in [4.69, 9.17) is 15.0 Å². The number of imide groups is 1. The van der Waals surface area contributed by atoms with Crippen LogP contribution in [0.1, 0.15) is 48.4 Å². The number of nitrogens with zero attached hydrogens (tertiary/aromatic N) is 1. The maximum absolute atomic E-state index is 12.5. The number of amides is 2. The summed E-state index contributed by atoms with van der Waals surface area (Å²) >= 11 is 0. The Kier molecular flexibility index (Phi) is 3.82. The number of carbonyl (C=O) groups is 2. The van der Waals surface area contributed by atoms with Gasteiger partial charge in [-0.3, -0.25) is 24.3 Å². The van der Waals surface area contributed by atoms with Gasteiger partial charge in [0.05, 0.1) is 28.0 Å². The highest BCUT2D eigenvalue weighted by atomic mass is 16.7. The zero-order valence-electron chi connectivity index (χ0n) is 16.0. The van der Waals surface area contributed by atoms with Gasteiger partial charge in [0.1, 0.15) is 5.82 Å². The Balaban J connectivity index is 1.72. The van der Waals surface area contributed by atoms with Crippen molar-refractivity contribution >= 4 is 30.2 Å². The molecular formula is C19H20BN3O5. The van der Waals surface area contributed by atoms with Crippen molar-refractivity contribution in [2.24, 2.45) is 0 Å². The lowest BCUT2D eigenvalue weighted by Crippen LogP contribution is -2.41. The fourth-order valence-electron chi connectivity index (χ4n) is 3.31. The van der Waals surface area contributed by atoms with Gasteiger partial charge in [-0.05, 0) is 45.3 Å². The van der Waals surface area contributed by atoms with E-state index in [1.807, 2.05) is 27.7 Å². The van der Waals surface area contributed by atoms with E-state index in [0.29, 0.717) is 5.69 Å². The van der Waals surface area contributed by atoms with Crippen LogP contribution in [-0.4, -0.2) is 34.7 Å². The second-order valence-electron chi connectivity index (χ2n) is 7.95. The Labute approximate surface area is 161 Å². The second kappa shape index (κ2) is 5.79. The number of nitrogens with one attached hydrogen (secondary N) is 1. The Morgan fingerprint density at radius 3 is 2.11 bits per heavy atom. The molecule has 0 radical (unpaired) electrons. The molecule has 1 aromatic heterocycles. The average Bonchev–Trinajstić information content (AvgIpc) is 3.00. The molecule has 2 aliphatic heterocycles. The standard InChI is InChI=1S/C19H20BN3O5/c1-18(2)19(3,4)28-20(27-18)10-5-7-11(8-6-10)23-13(24)9-12-14(15(23)21)17(26)22-16(12)25/h5-9H,21H2,1-4H3,(H,22,25,26). The smallest absolute Gasteiger partial charge is 0.399 e. The van der Waals surface area contributed by atoms with E-state index in [1.165, 1.54) is 4.57 Å². The predicted molar refractivity (Wildman–Crippen MR) is 104 cm³/mol. The second-order valence-corrected chi connectivity index (χ2v) is 7.95. The van der Waals surface area contributed by atoms with Gasteiger partial charge in [-0.15, -0.1) is 0 Å². The summed E-state index contributed by atoms with van der Waals surface area (Å²) in [4.78, 5) is 36.2. The monoisotopic (exact) mass is 381 g/mol. The van der Waals surface area contributed by atoms with Gasteiger partial charge in [-0.1, -0.05) is 12.1 Å². The maximum atomic E-state index is 12.5. The summed E-state index contributed by atoms with van der Waals surface area (Å²) in [7, 11) is -0.531. The first-order valence-corrected chi connectivity index (χ1v) is 8.89. The predicted octanol–water partition coefficient (Wildman–Crippen LogP) is 0.603. The van der Waals surface area contributed by atoms with E-state index in [1.54, 1.807) is 24.3 Å². The molecule has 2 amide bonds. The molecule has 3 heterocycles. The number of carbonyl (C=O) groups excluding carboxylic acids is 2. The van der Waals surface area contributed by atoms with Crippen molar-refractivity contribution in [2.45, 2.75) is 38.9 Å². The normalized spacial score (nSPS) is 19.6. The fraction of sp³-hybridized carbons (Fsp3) is 0.316. The number of pyridine rings is 1. The van der Waals surface area contributed by atoms with Crippen molar-refractivity contribution in [1.29, 1.82) is 0 Å². The molecule has 0 aliphatic carbocycles. The summed E-state index contributed by atoms with van der Waals surface area (Å²) in [6.07, 6.45) is 0. The molecule has 144 valence electrons. The number of fused-ring (bicyclic) bond motifs is 1. The SMILES string of the molecule is CC1(C)OB(c2ccc(-n3c(N)c4c(cc3=O)C(=O)NC4=O)cc2)OC1(C)C. The third kappa shape index (κ3) is 2.58. The average molecular weight is 381 g/mol. The number of nitrogen functional groups attached to an aromatic ring is 1. The van der Waals surface area contributed by atoms with E-state index in [9.17, 15) is 14.4 Å². The third-order valence-electron chi connectivity index (χ3n) is 5.63. The van der Waals surface area contributed by atoms with Gasteiger partial charge < -0.3 is 15.0 Å². The molecule has 0 bridgehead atoms. The van der Waals surface area contributed by atoms with Crippen LogP contribution in [0.4, 0.5) is 5.82 Å². The number of hydrogen-bond acceptors (Lipinski definition) is 6. The Morgan fingerprint density at radius 1 is 0.964 bits per heavy atom. The zero-order chi connectivity index (χ0) is 20.4. The van der Waals surface area contributed by atoms with Crippen molar-refractivity contribution in [1.82, 2.24) is 9.88 Å². The lowest BCUT2D eigenvalue weighted by atomic mass is 9.79. The van der Waals surface area contributed by atoms with E-state index < -0.39 is 35.7 Å². The van der Waals surface area contributed by atoms with Gasteiger partial charge in [-0.2, -0.15) is 0 Å². The molecule has 1 fully saturated rings. The molecule has 2 aromatic rings. The summed E-state index contributed by atoms with van der Waals surface area (Å²) < 4.78 is 13.2. The van der Waals surface area contributed by atoms with Crippen molar-refractivity contribution in [3.8, 4) is 5.69 Å². The van der Waals surface area contributed by atoms with E-state index >= 15 is 0 Å². The molecular weight excluding hydrogens is 361 g/mol. The highest BCUT2D eigenvalue weighted by molar-refractivity contribution is 6.62. The van der Waals surface area contributed by atoms with Crippen LogP contribution in [0.15, 0.2) is 35.1 Å². The summed E-state index contributed by atoms with van der Waals surface area (Å²) in [6, 6.07) is 8.07. The lowest BCUT2D eigenvalue weighted by Gasteiger charge is -2.32. The summed E-state index contributed by atoms with van der Waals surface area (Å²) in [5, 5.41) is 2.15. The van der Waals surface area contributed by atoms with Gasteiger partial charge in [0.15, 0.2) is 0 Å². The van der Waals surface area contributed by atoms with E-state index in [0.717, 1.165) is 11.5 Å². The largest absolute Gasteiger partial charge is 0.494 e.